The van der Waals surface area contributed by atoms with Crippen molar-refractivity contribution in [2.24, 2.45) is 0 Å². The van der Waals surface area contributed by atoms with Gasteiger partial charge in [-0.15, -0.1) is 22.6 Å². The molecule has 4 aromatic rings. The van der Waals surface area contributed by atoms with Crippen molar-refractivity contribution in [3.63, 3.8) is 0 Å². The Morgan fingerprint density at radius 1 is 0.968 bits per heavy atom. The number of benzene rings is 2. The number of nitrogens with one attached hydrogen (secondary N) is 1. The Morgan fingerprint density at radius 2 is 1.77 bits per heavy atom. The van der Waals surface area contributed by atoms with Crippen LogP contribution in [0.5, 0.6) is 0 Å². The van der Waals surface area contributed by atoms with Crippen LogP contribution < -0.4 is 5.32 Å². The quantitative estimate of drug-likeness (QED) is 0.389. The number of hydrogen-bond acceptors (Lipinski definition) is 5. The minimum absolute atomic E-state index is 0. The van der Waals surface area contributed by atoms with Gasteiger partial charge in [-0.05, 0) is 67.0 Å². The second-order valence-corrected chi connectivity index (χ2v) is 9.54. The van der Waals surface area contributed by atoms with Crippen molar-refractivity contribution in [2.75, 3.05) is 0 Å². The second kappa shape index (κ2) is 8.51. The van der Waals surface area contributed by atoms with Gasteiger partial charge in [0.15, 0.2) is 5.82 Å². The summed E-state index contributed by atoms with van der Waals surface area (Å²) in [4.78, 5) is 0. The first-order chi connectivity index (χ1) is 14.8. The summed E-state index contributed by atoms with van der Waals surface area (Å²) in [5, 5.41) is 14.7. The van der Waals surface area contributed by atoms with Gasteiger partial charge in [-0.1, -0.05) is 29.8 Å². The molecule has 160 valence electrons. The molecule has 8 heteroatoms. The van der Waals surface area contributed by atoms with Crippen LogP contribution in [0.2, 0.25) is 5.02 Å². The maximum absolute atomic E-state index is 6.25. The molecule has 1 aliphatic heterocycles. The largest absolute Gasteiger partial charge is 0.306 e. The third kappa shape index (κ3) is 3.65. The van der Waals surface area contributed by atoms with Crippen molar-refractivity contribution in [3.05, 3.63) is 70.4 Å². The second-order valence-electron chi connectivity index (χ2n) is 8.30. The fourth-order valence-corrected chi connectivity index (χ4v) is 6.07. The molecule has 0 radical (unpaired) electrons. The number of rotatable bonds is 2. The van der Waals surface area contributed by atoms with E-state index in [9.17, 15) is 0 Å². The summed E-state index contributed by atoms with van der Waals surface area (Å²) in [5.74, 6) is 3.04. The zero-order valence-corrected chi connectivity index (χ0v) is 19.3. The molecule has 0 amide bonds. The van der Waals surface area contributed by atoms with Crippen molar-refractivity contribution in [2.45, 2.75) is 50.6 Å². The van der Waals surface area contributed by atoms with Crippen molar-refractivity contribution in [3.8, 4) is 5.69 Å². The molecule has 0 saturated heterocycles. The fraction of sp³-hybridized carbons (Fsp3) is 0.348. The average molecular weight is 472 g/mol. The maximum atomic E-state index is 6.25. The van der Waals surface area contributed by atoms with E-state index in [1.807, 2.05) is 12.1 Å². The van der Waals surface area contributed by atoms with Crippen LogP contribution in [0, 0.1) is 0 Å². The lowest BCUT2D eigenvalue weighted by Gasteiger charge is -2.28. The van der Waals surface area contributed by atoms with Gasteiger partial charge < -0.3 is 5.32 Å². The van der Waals surface area contributed by atoms with Crippen molar-refractivity contribution >= 4 is 45.6 Å². The van der Waals surface area contributed by atoms with Crippen molar-refractivity contribution in [1.29, 1.82) is 0 Å². The standard InChI is InChI=1S/C23H22ClN5S.ClH/c24-17-9-10-19-16(11-17)12-25-13-21-26-27-23(29(19)21)15-7-5-14(6-8-15)22-18-3-1-2-4-20(18)30-28-22;/h1-4,9-11,14-15,25H,5-8,12-13H2;1H/t14-,15-;. The lowest BCUT2D eigenvalue weighted by molar-refractivity contribution is 0.380. The summed E-state index contributed by atoms with van der Waals surface area (Å²) in [6.45, 7) is 1.52. The van der Waals surface area contributed by atoms with E-state index in [0.29, 0.717) is 11.8 Å². The van der Waals surface area contributed by atoms with E-state index in [0.717, 1.165) is 61.1 Å². The molecule has 2 aromatic carbocycles. The van der Waals surface area contributed by atoms with Crippen molar-refractivity contribution in [1.82, 2.24) is 24.5 Å². The highest BCUT2D eigenvalue weighted by Crippen LogP contribution is 2.43. The van der Waals surface area contributed by atoms with Gasteiger partial charge in [-0.25, -0.2) is 0 Å². The topological polar surface area (TPSA) is 55.6 Å². The fourth-order valence-electron chi connectivity index (χ4n) is 5.02. The van der Waals surface area contributed by atoms with Crippen LogP contribution in [0.25, 0.3) is 15.8 Å². The van der Waals surface area contributed by atoms with E-state index < -0.39 is 0 Å². The maximum Gasteiger partial charge on any atom is 0.151 e. The number of hydrogen-bond donors (Lipinski definition) is 1. The Balaban J connectivity index is 0.00000204. The summed E-state index contributed by atoms with van der Waals surface area (Å²) < 4.78 is 8.38. The molecular weight excluding hydrogens is 449 g/mol. The van der Waals surface area contributed by atoms with E-state index >= 15 is 0 Å². The van der Waals surface area contributed by atoms with Crippen LogP contribution in [-0.4, -0.2) is 19.1 Å². The first-order valence-corrected chi connectivity index (χ1v) is 11.7. The van der Waals surface area contributed by atoms with Gasteiger partial charge in [0.1, 0.15) is 5.82 Å². The highest BCUT2D eigenvalue weighted by molar-refractivity contribution is 7.13. The van der Waals surface area contributed by atoms with E-state index in [-0.39, 0.29) is 12.4 Å². The molecule has 1 fully saturated rings. The van der Waals surface area contributed by atoms with Crippen LogP contribution in [0.3, 0.4) is 0 Å². The predicted molar refractivity (Wildman–Crippen MR) is 128 cm³/mol. The molecule has 0 spiro atoms. The Bertz CT molecular complexity index is 1230. The molecule has 31 heavy (non-hydrogen) atoms. The van der Waals surface area contributed by atoms with Gasteiger partial charge in [-0.3, -0.25) is 4.57 Å². The molecular formula is C23H23Cl2N5S. The SMILES string of the molecule is Cl.Clc1ccc2c(c1)CNCc1nnc([C@H]3CC[C@H](c4nsc5ccccc54)CC3)n1-2. The molecule has 2 aromatic heterocycles. The van der Waals surface area contributed by atoms with Crippen LogP contribution >= 0.6 is 35.5 Å². The van der Waals surface area contributed by atoms with Gasteiger partial charge in [0.05, 0.1) is 22.6 Å². The van der Waals surface area contributed by atoms with Crippen LogP contribution in [-0.2, 0) is 13.1 Å². The van der Waals surface area contributed by atoms with Crippen LogP contribution in [0.4, 0.5) is 0 Å². The third-order valence-electron chi connectivity index (χ3n) is 6.52. The molecule has 5 nitrogen and oxygen atoms in total. The van der Waals surface area contributed by atoms with Crippen LogP contribution in [0.15, 0.2) is 42.5 Å². The number of halogens is 2. The minimum Gasteiger partial charge on any atom is -0.306 e. The summed E-state index contributed by atoms with van der Waals surface area (Å²) in [7, 11) is 0. The molecule has 3 heterocycles. The third-order valence-corrected chi connectivity index (χ3v) is 7.60. The molecule has 0 bridgehead atoms. The lowest BCUT2D eigenvalue weighted by atomic mass is 9.79. The number of aromatic nitrogens is 4. The van der Waals surface area contributed by atoms with E-state index in [1.54, 1.807) is 11.5 Å². The summed E-state index contributed by atoms with van der Waals surface area (Å²) in [5.41, 5.74) is 3.65. The zero-order valence-electron chi connectivity index (χ0n) is 16.9. The van der Waals surface area contributed by atoms with Crippen LogP contribution in [0.1, 0.15) is 60.4 Å². The molecule has 1 saturated carbocycles. The average Bonchev–Trinajstić information content (AvgIpc) is 3.34. The number of nitrogens with zero attached hydrogens (tertiary/aromatic N) is 4. The molecule has 1 N–H and O–H groups in total. The minimum atomic E-state index is 0. The predicted octanol–water partition coefficient (Wildman–Crippen LogP) is 6.00. The highest BCUT2D eigenvalue weighted by atomic mass is 35.5. The van der Waals surface area contributed by atoms with Gasteiger partial charge >= 0.3 is 0 Å². The molecule has 6 rings (SSSR count). The first-order valence-electron chi connectivity index (χ1n) is 10.6. The number of fused-ring (bicyclic) bond motifs is 4. The highest BCUT2D eigenvalue weighted by Gasteiger charge is 2.31. The molecule has 0 atom stereocenters. The Labute approximate surface area is 196 Å². The lowest BCUT2D eigenvalue weighted by Crippen LogP contribution is -2.17. The van der Waals surface area contributed by atoms with Gasteiger partial charge in [0.25, 0.3) is 0 Å². The summed E-state index contributed by atoms with van der Waals surface area (Å²) in [6, 6.07) is 14.7. The smallest absolute Gasteiger partial charge is 0.151 e. The summed E-state index contributed by atoms with van der Waals surface area (Å²) >= 11 is 7.88. The Morgan fingerprint density at radius 3 is 2.65 bits per heavy atom. The van der Waals surface area contributed by atoms with Gasteiger partial charge in [-0.2, -0.15) is 4.37 Å². The Hall–Kier alpha value is -1.99. The van der Waals surface area contributed by atoms with E-state index in [2.05, 4.69) is 50.4 Å². The zero-order chi connectivity index (χ0) is 20.1. The Kier molecular flexibility index (Phi) is 5.73. The van der Waals surface area contributed by atoms with E-state index in [1.165, 1.54) is 21.3 Å². The molecule has 0 unspecified atom stereocenters. The van der Waals surface area contributed by atoms with Gasteiger partial charge in [0.2, 0.25) is 0 Å². The normalized spacial score (nSPS) is 20.5. The van der Waals surface area contributed by atoms with E-state index in [4.69, 9.17) is 16.0 Å². The van der Waals surface area contributed by atoms with Crippen molar-refractivity contribution < 1.29 is 0 Å². The first kappa shape index (κ1) is 20.9. The van der Waals surface area contributed by atoms with Gasteiger partial charge in [0, 0.05) is 28.8 Å². The molecule has 1 aliphatic carbocycles. The molecule has 2 aliphatic rings. The monoisotopic (exact) mass is 471 g/mol. The summed E-state index contributed by atoms with van der Waals surface area (Å²) in [6.07, 6.45) is 4.52.